The number of epoxide rings is 1. The molecular weight excluding hydrogens is 258 g/mol. The summed E-state index contributed by atoms with van der Waals surface area (Å²) >= 11 is 0. The maximum Gasteiger partial charge on any atom is 0.130 e. The summed E-state index contributed by atoms with van der Waals surface area (Å²) in [5.41, 5.74) is 1.46. The Morgan fingerprint density at radius 3 is 2.16 bits per heavy atom. The molecule has 2 rings (SSSR count). The van der Waals surface area contributed by atoms with Gasteiger partial charge in [0.15, 0.2) is 0 Å². The first kappa shape index (κ1) is 16.5. The summed E-state index contributed by atoms with van der Waals surface area (Å²) in [7, 11) is 0. The van der Waals surface area contributed by atoms with E-state index in [1.165, 1.54) is 42.5 Å². The van der Waals surface area contributed by atoms with E-state index in [-0.39, 0.29) is 12.4 Å². The maximum absolute atomic E-state index is 5.48. The summed E-state index contributed by atoms with van der Waals surface area (Å²) in [4.78, 5) is 0. The van der Waals surface area contributed by atoms with Gasteiger partial charge in [0.05, 0.1) is 19.7 Å². The highest BCUT2D eigenvalue weighted by atomic mass is 35.5. The van der Waals surface area contributed by atoms with Gasteiger partial charge in [-0.05, 0) is 12.8 Å². The van der Waals surface area contributed by atoms with Crippen molar-refractivity contribution in [3.05, 3.63) is 35.9 Å². The fourth-order valence-corrected chi connectivity index (χ4v) is 3.04. The predicted molar refractivity (Wildman–Crippen MR) is 75.3 cm³/mol. The Morgan fingerprint density at radius 1 is 1.11 bits per heavy atom. The van der Waals surface area contributed by atoms with E-state index in [0.717, 1.165) is 13.2 Å². The van der Waals surface area contributed by atoms with Crippen LogP contribution in [0.25, 0.3) is 0 Å². The third-order valence-electron chi connectivity index (χ3n) is 3.75. The second-order valence-corrected chi connectivity index (χ2v) is 5.57. The van der Waals surface area contributed by atoms with Gasteiger partial charge < -0.3 is 21.6 Å². The lowest BCUT2D eigenvalue weighted by atomic mass is 10.1. The summed E-state index contributed by atoms with van der Waals surface area (Å²) in [5, 5.41) is 0. The van der Waals surface area contributed by atoms with Crippen LogP contribution in [0, 0.1) is 0 Å². The van der Waals surface area contributed by atoms with Gasteiger partial charge in [0, 0.05) is 5.56 Å². The molecule has 1 aliphatic heterocycles. The van der Waals surface area contributed by atoms with Gasteiger partial charge in [-0.15, -0.1) is 0 Å². The van der Waals surface area contributed by atoms with E-state index >= 15 is 0 Å². The molecule has 0 radical (unpaired) electrons. The number of ether oxygens (including phenoxy) is 1. The lowest BCUT2D eigenvalue weighted by molar-refractivity contribution is -0.941. The number of rotatable bonds is 8. The average molecular weight is 284 g/mol. The molecule has 0 aliphatic carbocycles. The molecule has 1 atom stereocenters. The van der Waals surface area contributed by atoms with E-state index in [1.54, 1.807) is 0 Å². The minimum Gasteiger partial charge on any atom is -1.00 e. The normalized spacial score (nSPS) is 17.9. The third kappa shape index (κ3) is 5.13. The molecule has 1 saturated heterocycles. The molecule has 1 aromatic carbocycles. The Balaban J connectivity index is 0.00000180. The summed E-state index contributed by atoms with van der Waals surface area (Å²) in [6, 6.07) is 10.9. The zero-order chi connectivity index (χ0) is 12.8. The number of hydrogen-bond acceptors (Lipinski definition) is 1. The van der Waals surface area contributed by atoms with Crippen LogP contribution in [0.2, 0.25) is 0 Å². The fraction of sp³-hybridized carbons (Fsp3) is 0.625. The lowest BCUT2D eigenvalue weighted by Crippen LogP contribution is -3.00. The van der Waals surface area contributed by atoms with Crippen molar-refractivity contribution >= 4 is 0 Å². The standard InChI is InChI=1S/C16H26NO.ClH/c1-3-10-17(11-4-2,13-16-14-18-16)12-15-8-6-5-7-9-15;/h5-9,16H,3-4,10-14H2,1-2H3;1H/q+1;/p-1. The minimum atomic E-state index is 0. The van der Waals surface area contributed by atoms with Gasteiger partial charge in [-0.25, -0.2) is 0 Å². The Labute approximate surface area is 123 Å². The van der Waals surface area contributed by atoms with E-state index in [9.17, 15) is 0 Å². The second-order valence-electron chi connectivity index (χ2n) is 5.57. The van der Waals surface area contributed by atoms with Gasteiger partial charge in [0.1, 0.15) is 19.2 Å². The van der Waals surface area contributed by atoms with Crippen LogP contribution in [0.4, 0.5) is 0 Å². The van der Waals surface area contributed by atoms with Crippen molar-refractivity contribution in [2.24, 2.45) is 0 Å². The molecule has 0 bridgehead atoms. The van der Waals surface area contributed by atoms with Crippen LogP contribution in [0.5, 0.6) is 0 Å². The molecule has 3 heteroatoms. The molecule has 108 valence electrons. The Morgan fingerprint density at radius 2 is 1.68 bits per heavy atom. The highest BCUT2D eigenvalue weighted by Gasteiger charge is 2.36. The molecule has 1 unspecified atom stereocenters. The maximum atomic E-state index is 5.48. The number of benzene rings is 1. The number of hydrogen-bond donors (Lipinski definition) is 0. The number of nitrogens with zero attached hydrogens (tertiary/aromatic N) is 1. The molecular formula is C16H26ClNO. The zero-order valence-corrected chi connectivity index (χ0v) is 12.9. The summed E-state index contributed by atoms with van der Waals surface area (Å²) < 4.78 is 6.67. The van der Waals surface area contributed by atoms with Crippen LogP contribution in [0.1, 0.15) is 32.3 Å². The van der Waals surface area contributed by atoms with Crippen molar-refractivity contribution in [3.8, 4) is 0 Å². The van der Waals surface area contributed by atoms with Crippen LogP contribution in [0.15, 0.2) is 30.3 Å². The summed E-state index contributed by atoms with van der Waals surface area (Å²) in [5.74, 6) is 0. The molecule has 0 amide bonds. The third-order valence-corrected chi connectivity index (χ3v) is 3.75. The van der Waals surface area contributed by atoms with Crippen molar-refractivity contribution in [2.75, 3.05) is 26.2 Å². The smallest absolute Gasteiger partial charge is 0.130 e. The SMILES string of the molecule is CCC[N+](CCC)(Cc1ccccc1)CC1CO1.[Cl-]. The van der Waals surface area contributed by atoms with Crippen LogP contribution < -0.4 is 12.4 Å². The van der Waals surface area contributed by atoms with E-state index in [2.05, 4.69) is 44.2 Å². The fourth-order valence-electron chi connectivity index (χ4n) is 3.04. The first-order valence-corrected chi connectivity index (χ1v) is 7.28. The monoisotopic (exact) mass is 283 g/mol. The Bertz CT molecular complexity index is 345. The minimum absolute atomic E-state index is 0. The van der Waals surface area contributed by atoms with Crippen LogP contribution in [-0.2, 0) is 11.3 Å². The van der Waals surface area contributed by atoms with Gasteiger partial charge >= 0.3 is 0 Å². The highest BCUT2D eigenvalue weighted by molar-refractivity contribution is 5.13. The van der Waals surface area contributed by atoms with Crippen LogP contribution >= 0.6 is 0 Å². The largest absolute Gasteiger partial charge is 1.00 e. The zero-order valence-electron chi connectivity index (χ0n) is 12.1. The van der Waals surface area contributed by atoms with Gasteiger partial charge in [0.25, 0.3) is 0 Å². The molecule has 0 aromatic heterocycles. The molecule has 0 saturated carbocycles. The van der Waals surface area contributed by atoms with Crippen molar-refractivity contribution in [2.45, 2.75) is 39.3 Å². The predicted octanol–water partition coefficient (Wildman–Crippen LogP) is 0.226. The van der Waals surface area contributed by atoms with E-state index in [4.69, 9.17) is 4.74 Å². The Kier molecular flexibility index (Phi) is 6.84. The van der Waals surface area contributed by atoms with E-state index in [1.807, 2.05) is 0 Å². The first-order chi connectivity index (χ1) is 8.78. The summed E-state index contributed by atoms with van der Waals surface area (Å²) in [6.45, 7) is 10.4. The van der Waals surface area contributed by atoms with Crippen molar-refractivity contribution in [1.29, 1.82) is 0 Å². The Hall–Kier alpha value is -0.570. The van der Waals surface area contributed by atoms with Crippen LogP contribution in [0.3, 0.4) is 0 Å². The molecule has 1 fully saturated rings. The first-order valence-electron chi connectivity index (χ1n) is 7.28. The number of quaternary nitrogens is 1. The quantitative estimate of drug-likeness (QED) is 0.491. The van der Waals surface area contributed by atoms with Crippen LogP contribution in [-0.4, -0.2) is 36.8 Å². The summed E-state index contributed by atoms with van der Waals surface area (Å²) in [6.07, 6.45) is 3.02. The molecule has 1 aliphatic rings. The van der Waals surface area contributed by atoms with Gasteiger partial charge in [-0.2, -0.15) is 0 Å². The topological polar surface area (TPSA) is 12.5 Å². The van der Waals surface area contributed by atoms with E-state index < -0.39 is 0 Å². The van der Waals surface area contributed by atoms with Crippen molar-refractivity contribution in [3.63, 3.8) is 0 Å². The molecule has 1 aromatic rings. The molecule has 2 nitrogen and oxygen atoms in total. The second kappa shape index (κ2) is 7.88. The molecule has 0 spiro atoms. The lowest BCUT2D eigenvalue weighted by Gasteiger charge is -2.38. The van der Waals surface area contributed by atoms with Gasteiger partial charge in [0.2, 0.25) is 0 Å². The van der Waals surface area contributed by atoms with Crippen molar-refractivity contribution in [1.82, 2.24) is 0 Å². The molecule has 1 heterocycles. The van der Waals surface area contributed by atoms with E-state index in [0.29, 0.717) is 6.10 Å². The highest BCUT2D eigenvalue weighted by Crippen LogP contribution is 2.22. The average Bonchev–Trinajstić information content (AvgIpc) is 3.15. The van der Waals surface area contributed by atoms with Crippen molar-refractivity contribution < 1.29 is 21.6 Å². The van der Waals surface area contributed by atoms with Gasteiger partial charge in [-0.1, -0.05) is 44.2 Å². The number of halogens is 1. The van der Waals surface area contributed by atoms with Gasteiger partial charge in [-0.3, -0.25) is 0 Å². The molecule has 19 heavy (non-hydrogen) atoms. The molecule has 0 N–H and O–H groups in total.